The van der Waals surface area contributed by atoms with Crippen LogP contribution < -0.4 is 10.1 Å². The third-order valence-corrected chi connectivity index (χ3v) is 2.87. The average Bonchev–Trinajstić information content (AvgIpc) is 2.45. The van der Waals surface area contributed by atoms with E-state index in [1.165, 1.54) is 0 Å². The summed E-state index contributed by atoms with van der Waals surface area (Å²) >= 11 is 0. The molecule has 106 valence electrons. The van der Waals surface area contributed by atoms with Gasteiger partial charge in [-0.1, -0.05) is 25.5 Å². The lowest BCUT2D eigenvalue weighted by Crippen LogP contribution is -2.29. The molecule has 0 aliphatic heterocycles. The van der Waals surface area contributed by atoms with Crippen molar-refractivity contribution in [3.8, 4) is 5.88 Å². The van der Waals surface area contributed by atoms with Gasteiger partial charge in [0.2, 0.25) is 5.88 Å². The molecular formula is C15H19N3O2. The Morgan fingerprint density at radius 3 is 2.90 bits per heavy atom. The van der Waals surface area contributed by atoms with Gasteiger partial charge in [-0.3, -0.25) is 4.79 Å². The van der Waals surface area contributed by atoms with Crippen LogP contribution in [0.1, 0.15) is 25.6 Å². The zero-order valence-corrected chi connectivity index (χ0v) is 11.8. The van der Waals surface area contributed by atoms with E-state index in [1.807, 2.05) is 24.3 Å². The molecule has 1 N–H and O–H groups in total. The Kier molecular flexibility index (Phi) is 4.87. The standard InChI is InChI=1S/C15H19N3O2/c1-3-4-9-16-14(19)10-20-15-12-7-5-6-8-13(12)17-11(2)18-15/h5-8H,3-4,9-10H2,1-2H3,(H,16,19). The number of hydrogen-bond donors (Lipinski definition) is 1. The van der Waals surface area contributed by atoms with Crippen molar-refractivity contribution in [1.82, 2.24) is 15.3 Å². The molecule has 1 aromatic carbocycles. The van der Waals surface area contributed by atoms with Gasteiger partial charge in [-0.25, -0.2) is 4.98 Å². The Balaban J connectivity index is 2.04. The van der Waals surface area contributed by atoms with Gasteiger partial charge >= 0.3 is 0 Å². The summed E-state index contributed by atoms with van der Waals surface area (Å²) < 4.78 is 5.53. The molecule has 0 spiro atoms. The van der Waals surface area contributed by atoms with Gasteiger partial charge in [-0.15, -0.1) is 0 Å². The summed E-state index contributed by atoms with van der Waals surface area (Å²) in [6.45, 7) is 4.55. The minimum absolute atomic E-state index is 0.0236. The molecule has 0 fully saturated rings. The maximum absolute atomic E-state index is 11.6. The Labute approximate surface area is 118 Å². The van der Waals surface area contributed by atoms with E-state index >= 15 is 0 Å². The molecule has 20 heavy (non-hydrogen) atoms. The van der Waals surface area contributed by atoms with Crippen LogP contribution in [0.3, 0.4) is 0 Å². The number of fused-ring (bicyclic) bond motifs is 1. The molecule has 1 aromatic heterocycles. The number of amides is 1. The van der Waals surface area contributed by atoms with Crippen LogP contribution >= 0.6 is 0 Å². The predicted molar refractivity (Wildman–Crippen MR) is 77.7 cm³/mol. The first-order valence-electron chi connectivity index (χ1n) is 6.83. The summed E-state index contributed by atoms with van der Waals surface area (Å²) in [5.41, 5.74) is 0.821. The van der Waals surface area contributed by atoms with E-state index in [1.54, 1.807) is 6.92 Å². The molecule has 0 bridgehead atoms. The Hall–Kier alpha value is -2.17. The average molecular weight is 273 g/mol. The molecule has 0 aliphatic carbocycles. The second-order valence-electron chi connectivity index (χ2n) is 4.59. The van der Waals surface area contributed by atoms with E-state index in [4.69, 9.17) is 4.74 Å². The quantitative estimate of drug-likeness (QED) is 0.820. The van der Waals surface area contributed by atoms with Gasteiger partial charge in [0, 0.05) is 6.54 Å². The third kappa shape index (κ3) is 3.66. The van der Waals surface area contributed by atoms with Crippen LogP contribution in [0, 0.1) is 6.92 Å². The van der Waals surface area contributed by atoms with Crippen molar-refractivity contribution in [1.29, 1.82) is 0 Å². The number of benzene rings is 1. The lowest BCUT2D eigenvalue weighted by atomic mass is 10.2. The fraction of sp³-hybridized carbons (Fsp3) is 0.400. The highest BCUT2D eigenvalue weighted by Gasteiger charge is 2.08. The maximum Gasteiger partial charge on any atom is 0.258 e. The van der Waals surface area contributed by atoms with Crippen molar-refractivity contribution < 1.29 is 9.53 Å². The zero-order valence-electron chi connectivity index (χ0n) is 11.8. The molecule has 5 nitrogen and oxygen atoms in total. The molecule has 0 atom stereocenters. The van der Waals surface area contributed by atoms with Crippen LogP contribution in [-0.2, 0) is 4.79 Å². The topological polar surface area (TPSA) is 64.1 Å². The summed E-state index contributed by atoms with van der Waals surface area (Å²) in [4.78, 5) is 20.2. The number of hydrogen-bond acceptors (Lipinski definition) is 4. The Morgan fingerprint density at radius 2 is 2.10 bits per heavy atom. The molecule has 0 saturated carbocycles. The number of carbonyl (C=O) groups is 1. The van der Waals surface area contributed by atoms with E-state index in [-0.39, 0.29) is 12.5 Å². The highest BCUT2D eigenvalue weighted by atomic mass is 16.5. The smallest absolute Gasteiger partial charge is 0.258 e. The van der Waals surface area contributed by atoms with Crippen LogP contribution in [0.15, 0.2) is 24.3 Å². The SMILES string of the molecule is CCCCNC(=O)COc1nc(C)nc2ccccc12. The number of unbranched alkanes of at least 4 members (excludes halogenated alkanes) is 1. The van der Waals surface area contributed by atoms with Gasteiger partial charge in [0.05, 0.1) is 10.9 Å². The summed E-state index contributed by atoms with van der Waals surface area (Å²) in [7, 11) is 0. The molecule has 2 aromatic rings. The van der Waals surface area contributed by atoms with Crippen LogP contribution in [0.5, 0.6) is 5.88 Å². The normalized spacial score (nSPS) is 10.5. The number of aromatic nitrogens is 2. The van der Waals surface area contributed by atoms with Crippen LogP contribution in [0.25, 0.3) is 10.9 Å². The van der Waals surface area contributed by atoms with Crippen LogP contribution in [0.4, 0.5) is 0 Å². The molecule has 0 unspecified atom stereocenters. The number of nitrogens with zero attached hydrogens (tertiary/aromatic N) is 2. The molecular weight excluding hydrogens is 254 g/mol. The Bertz CT molecular complexity index is 599. The van der Waals surface area contributed by atoms with E-state index < -0.39 is 0 Å². The molecule has 2 rings (SSSR count). The highest BCUT2D eigenvalue weighted by molar-refractivity contribution is 5.84. The number of aryl methyl sites for hydroxylation is 1. The largest absolute Gasteiger partial charge is 0.467 e. The minimum atomic E-state index is -0.126. The van der Waals surface area contributed by atoms with Crippen molar-refractivity contribution in [2.24, 2.45) is 0 Å². The third-order valence-electron chi connectivity index (χ3n) is 2.87. The molecule has 5 heteroatoms. The van der Waals surface area contributed by atoms with E-state index in [9.17, 15) is 4.79 Å². The van der Waals surface area contributed by atoms with Crippen molar-refractivity contribution in [3.05, 3.63) is 30.1 Å². The fourth-order valence-electron chi connectivity index (χ4n) is 1.86. The van der Waals surface area contributed by atoms with Crippen molar-refractivity contribution in [3.63, 3.8) is 0 Å². The van der Waals surface area contributed by atoms with Gasteiger partial charge in [-0.05, 0) is 25.5 Å². The summed E-state index contributed by atoms with van der Waals surface area (Å²) in [6, 6.07) is 7.60. The second kappa shape index (κ2) is 6.84. The first-order valence-corrected chi connectivity index (χ1v) is 6.83. The van der Waals surface area contributed by atoms with E-state index in [0.717, 1.165) is 23.7 Å². The molecule has 0 saturated heterocycles. The molecule has 1 amide bonds. The van der Waals surface area contributed by atoms with Crippen molar-refractivity contribution in [2.75, 3.05) is 13.2 Å². The summed E-state index contributed by atoms with van der Waals surface area (Å²) in [5, 5.41) is 3.63. The van der Waals surface area contributed by atoms with Crippen LogP contribution in [0.2, 0.25) is 0 Å². The monoisotopic (exact) mass is 273 g/mol. The number of nitrogens with one attached hydrogen (secondary N) is 1. The summed E-state index contributed by atoms with van der Waals surface area (Å²) in [5.74, 6) is 0.961. The lowest BCUT2D eigenvalue weighted by molar-refractivity contribution is -0.123. The van der Waals surface area contributed by atoms with Gasteiger partial charge in [0.15, 0.2) is 6.61 Å². The lowest BCUT2D eigenvalue weighted by Gasteiger charge is -2.09. The minimum Gasteiger partial charge on any atom is -0.467 e. The van der Waals surface area contributed by atoms with Gasteiger partial charge in [0.25, 0.3) is 5.91 Å². The Morgan fingerprint density at radius 1 is 1.30 bits per heavy atom. The molecule has 0 aliphatic rings. The van der Waals surface area contributed by atoms with Crippen molar-refractivity contribution >= 4 is 16.8 Å². The number of rotatable bonds is 6. The van der Waals surface area contributed by atoms with Gasteiger partial charge in [0.1, 0.15) is 5.82 Å². The number of carbonyl (C=O) groups excluding carboxylic acids is 1. The highest BCUT2D eigenvalue weighted by Crippen LogP contribution is 2.21. The van der Waals surface area contributed by atoms with Gasteiger partial charge in [-0.2, -0.15) is 4.98 Å². The number of ether oxygens (including phenoxy) is 1. The predicted octanol–water partition coefficient (Wildman–Crippen LogP) is 2.23. The molecule has 0 radical (unpaired) electrons. The second-order valence-corrected chi connectivity index (χ2v) is 4.59. The van der Waals surface area contributed by atoms with E-state index in [2.05, 4.69) is 22.2 Å². The molecule has 1 heterocycles. The van der Waals surface area contributed by atoms with Crippen LogP contribution in [-0.4, -0.2) is 29.0 Å². The fourth-order valence-corrected chi connectivity index (χ4v) is 1.86. The number of para-hydroxylation sites is 1. The van der Waals surface area contributed by atoms with Crippen molar-refractivity contribution in [2.45, 2.75) is 26.7 Å². The maximum atomic E-state index is 11.6. The summed E-state index contributed by atoms with van der Waals surface area (Å²) in [6.07, 6.45) is 2.03. The zero-order chi connectivity index (χ0) is 14.4. The van der Waals surface area contributed by atoms with E-state index in [0.29, 0.717) is 18.2 Å². The first kappa shape index (κ1) is 14.2. The first-order chi connectivity index (χ1) is 9.70. The van der Waals surface area contributed by atoms with Gasteiger partial charge < -0.3 is 10.1 Å².